The van der Waals surface area contributed by atoms with Crippen molar-refractivity contribution in [2.24, 2.45) is 5.92 Å². The maximum atomic E-state index is 11.6. The summed E-state index contributed by atoms with van der Waals surface area (Å²) in [5, 5.41) is 8.99. The number of aliphatic hydroxyl groups excluding tert-OH is 1. The normalized spacial score (nSPS) is 21.0. The lowest BCUT2D eigenvalue weighted by Gasteiger charge is -2.17. The Kier molecular flexibility index (Phi) is 2.55. The van der Waals surface area contributed by atoms with Crippen LogP contribution in [-0.4, -0.2) is 29.1 Å². The number of aromatic nitrogens is 1. The zero-order valence-electron chi connectivity index (χ0n) is 8.26. The molecule has 0 aliphatic carbocycles. The van der Waals surface area contributed by atoms with Crippen LogP contribution >= 0.6 is 0 Å². The number of aliphatic hydroxyl groups is 1. The van der Waals surface area contributed by atoms with Gasteiger partial charge in [0.15, 0.2) is 0 Å². The maximum absolute atomic E-state index is 11.6. The van der Waals surface area contributed by atoms with Gasteiger partial charge in [0.1, 0.15) is 0 Å². The zero-order chi connectivity index (χ0) is 10.8. The lowest BCUT2D eigenvalue weighted by molar-refractivity contribution is -0.117. The predicted molar refractivity (Wildman–Crippen MR) is 56.2 cm³/mol. The molecule has 1 atom stereocenters. The third kappa shape index (κ3) is 1.78. The average Bonchev–Trinajstić information content (AvgIpc) is 2.60. The molecule has 1 unspecified atom stereocenters. The van der Waals surface area contributed by atoms with Crippen LogP contribution in [0.15, 0.2) is 18.5 Å². The van der Waals surface area contributed by atoms with Crippen LogP contribution < -0.4 is 10.6 Å². The number of anilines is 2. The van der Waals surface area contributed by atoms with Gasteiger partial charge in [-0.15, -0.1) is 0 Å². The zero-order valence-corrected chi connectivity index (χ0v) is 8.26. The molecule has 0 saturated carbocycles. The van der Waals surface area contributed by atoms with Crippen LogP contribution in [-0.2, 0) is 4.79 Å². The fourth-order valence-electron chi connectivity index (χ4n) is 1.76. The van der Waals surface area contributed by atoms with E-state index < -0.39 is 0 Å². The highest BCUT2D eigenvalue weighted by Crippen LogP contribution is 2.28. The number of pyridine rings is 1. The van der Waals surface area contributed by atoms with E-state index in [0.717, 1.165) is 0 Å². The van der Waals surface area contributed by atoms with Crippen molar-refractivity contribution in [3.8, 4) is 0 Å². The highest BCUT2D eigenvalue weighted by atomic mass is 16.3. The third-order valence-electron chi connectivity index (χ3n) is 2.59. The van der Waals surface area contributed by atoms with Crippen LogP contribution in [0.25, 0.3) is 0 Å². The van der Waals surface area contributed by atoms with Crippen molar-refractivity contribution < 1.29 is 9.90 Å². The van der Waals surface area contributed by atoms with Crippen LogP contribution in [0.5, 0.6) is 0 Å². The first-order valence-electron chi connectivity index (χ1n) is 4.83. The number of rotatable bonds is 2. The molecule has 2 heterocycles. The Labute approximate surface area is 87.5 Å². The Bertz CT molecular complexity index is 381. The number of hydrogen-bond donors (Lipinski definition) is 2. The van der Waals surface area contributed by atoms with Gasteiger partial charge in [0.25, 0.3) is 0 Å². The molecular formula is C10H13N3O2. The number of nitrogens with zero attached hydrogens (tertiary/aromatic N) is 2. The fraction of sp³-hybridized carbons (Fsp3) is 0.400. The molecule has 80 valence electrons. The summed E-state index contributed by atoms with van der Waals surface area (Å²) in [4.78, 5) is 17.2. The van der Waals surface area contributed by atoms with Gasteiger partial charge in [0.2, 0.25) is 5.91 Å². The van der Waals surface area contributed by atoms with Gasteiger partial charge in [0, 0.05) is 31.7 Å². The number of nitrogen functional groups attached to an aromatic ring is 1. The minimum absolute atomic E-state index is 0.00579. The highest BCUT2D eigenvalue weighted by molar-refractivity contribution is 5.98. The number of carbonyl (C=O) groups is 1. The first-order valence-corrected chi connectivity index (χ1v) is 4.83. The number of amides is 1. The summed E-state index contributed by atoms with van der Waals surface area (Å²) >= 11 is 0. The third-order valence-corrected chi connectivity index (χ3v) is 2.59. The Morgan fingerprint density at radius 3 is 3.07 bits per heavy atom. The second-order valence-corrected chi connectivity index (χ2v) is 3.69. The fourth-order valence-corrected chi connectivity index (χ4v) is 1.76. The summed E-state index contributed by atoms with van der Waals surface area (Å²) in [5.41, 5.74) is 6.93. The van der Waals surface area contributed by atoms with Gasteiger partial charge >= 0.3 is 0 Å². The molecule has 1 aromatic heterocycles. The number of carbonyl (C=O) groups excluding carboxylic acids is 1. The molecule has 5 heteroatoms. The first-order chi connectivity index (χ1) is 7.22. The lowest BCUT2D eigenvalue weighted by atomic mass is 10.1. The first kappa shape index (κ1) is 9.92. The van der Waals surface area contributed by atoms with E-state index in [1.807, 2.05) is 0 Å². The topological polar surface area (TPSA) is 79.4 Å². The Morgan fingerprint density at radius 1 is 1.67 bits per heavy atom. The van der Waals surface area contributed by atoms with E-state index >= 15 is 0 Å². The molecule has 1 amide bonds. The number of hydrogen-bond acceptors (Lipinski definition) is 4. The maximum Gasteiger partial charge on any atom is 0.227 e. The van der Waals surface area contributed by atoms with Gasteiger partial charge in [-0.3, -0.25) is 9.78 Å². The summed E-state index contributed by atoms with van der Waals surface area (Å²) in [6.07, 6.45) is 3.54. The summed E-state index contributed by atoms with van der Waals surface area (Å²) < 4.78 is 0. The standard InChI is InChI=1S/C10H13N3O2/c11-8-1-2-12-4-9(8)13-5-7(6-14)3-10(13)15/h1-2,4,7,14H,3,5-6H2,(H2,11,12). The van der Waals surface area contributed by atoms with Crippen molar-refractivity contribution in [3.05, 3.63) is 18.5 Å². The van der Waals surface area contributed by atoms with Crippen molar-refractivity contribution in [2.75, 3.05) is 23.8 Å². The minimum atomic E-state index is -0.00579. The summed E-state index contributed by atoms with van der Waals surface area (Å²) in [6.45, 7) is 0.549. The van der Waals surface area contributed by atoms with E-state index in [2.05, 4.69) is 4.98 Å². The molecular weight excluding hydrogens is 194 g/mol. The Morgan fingerprint density at radius 2 is 2.47 bits per heavy atom. The highest BCUT2D eigenvalue weighted by Gasteiger charge is 2.30. The minimum Gasteiger partial charge on any atom is -0.397 e. The van der Waals surface area contributed by atoms with Gasteiger partial charge in [-0.05, 0) is 6.07 Å². The van der Waals surface area contributed by atoms with Crippen LogP contribution in [0, 0.1) is 5.92 Å². The second-order valence-electron chi connectivity index (χ2n) is 3.69. The molecule has 0 spiro atoms. The molecule has 15 heavy (non-hydrogen) atoms. The van der Waals surface area contributed by atoms with E-state index in [-0.39, 0.29) is 18.4 Å². The molecule has 0 radical (unpaired) electrons. The molecule has 1 aliphatic rings. The van der Waals surface area contributed by atoms with Crippen LogP contribution in [0.1, 0.15) is 6.42 Å². The summed E-state index contributed by atoms with van der Waals surface area (Å²) in [6, 6.07) is 1.66. The molecule has 1 saturated heterocycles. The van der Waals surface area contributed by atoms with Crippen LogP contribution in [0.4, 0.5) is 11.4 Å². The molecule has 0 bridgehead atoms. The van der Waals surface area contributed by atoms with Crippen molar-refractivity contribution in [1.82, 2.24) is 4.98 Å². The second kappa shape index (κ2) is 3.86. The van der Waals surface area contributed by atoms with Gasteiger partial charge in [-0.25, -0.2) is 0 Å². The molecule has 3 N–H and O–H groups in total. The largest absolute Gasteiger partial charge is 0.397 e. The van der Waals surface area contributed by atoms with Gasteiger partial charge in [0.05, 0.1) is 17.6 Å². The van der Waals surface area contributed by atoms with E-state index in [1.165, 1.54) is 0 Å². The van der Waals surface area contributed by atoms with Gasteiger partial charge in [-0.2, -0.15) is 0 Å². The van der Waals surface area contributed by atoms with E-state index in [9.17, 15) is 4.79 Å². The Balaban J connectivity index is 2.25. The Hall–Kier alpha value is -1.62. The van der Waals surface area contributed by atoms with Crippen molar-refractivity contribution in [2.45, 2.75) is 6.42 Å². The average molecular weight is 207 g/mol. The molecule has 1 fully saturated rings. The molecule has 0 aromatic carbocycles. The SMILES string of the molecule is Nc1ccncc1N1CC(CO)CC1=O. The van der Waals surface area contributed by atoms with E-state index in [0.29, 0.717) is 24.3 Å². The monoisotopic (exact) mass is 207 g/mol. The summed E-state index contributed by atoms with van der Waals surface area (Å²) in [7, 11) is 0. The van der Waals surface area contributed by atoms with E-state index in [1.54, 1.807) is 23.4 Å². The summed E-state index contributed by atoms with van der Waals surface area (Å²) in [5.74, 6) is 0.00542. The van der Waals surface area contributed by atoms with Crippen molar-refractivity contribution >= 4 is 17.3 Å². The predicted octanol–water partition coefficient (Wildman–Crippen LogP) is 0.00900. The van der Waals surface area contributed by atoms with Crippen molar-refractivity contribution in [1.29, 1.82) is 0 Å². The molecule has 5 nitrogen and oxygen atoms in total. The molecule has 1 aliphatic heterocycles. The van der Waals surface area contributed by atoms with Crippen LogP contribution in [0.3, 0.4) is 0 Å². The lowest BCUT2D eigenvalue weighted by Crippen LogP contribution is -2.25. The molecule has 1 aromatic rings. The number of nitrogens with two attached hydrogens (primary N) is 1. The van der Waals surface area contributed by atoms with Gasteiger partial charge < -0.3 is 15.7 Å². The molecule has 2 rings (SSSR count). The van der Waals surface area contributed by atoms with Crippen LogP contribution in [0.2, 0.25) is 0 Å². The van der Waals surface area contributed by atoms with Gasteiger partial charge in [-0.1, -0.05) is 0 Å². The smallest absolute Gasteiger partial charge is 0.227 e. The van der Waals surface area contributed by atoms with E-state index in [4.69, 9.17) is 10.8 Å². The quantitative estimate of drug-likeness (QED) is 0.716. The van der Waals surface area contributed by atoms with Crippen molar-refractivity contribution in [3.63, 3.8) is 0 Å².